The number of alkyl halides is 1. The van der Waals surface area contributed by atoms with Crippen molar-refractivity contribution in [1.82, 2.24) is 15.5 Å². The smallest absolute Gasteiger partial charge is 0.244 e. The second kappa shape index (κ2) is 10.9. The molecule has 0 aliphatic carbocycles. The topological polar surface area (TPSA) is 98.7 Å². The molecule has 1 spiro atoms. The van der Waals surface area contributed by atoms with Crippen LogP contribution in [0.5, 0.6) is 0 Å². The molecule has 0 aromatic rings. The maximum Gasteiger partial charge on any atom is 0.244 e. The monoisotopic (exact) mass is 517 g/mol. The molecule has 0 radical (unpaired) electrons. The molecule has 3 aliphatic rings. The Morgan fingerprint density at radius 2 is 1.87 bits per heavy atom. The second-order valence-corrected chi connectivity index (χ2v) is 11.6. The molecule has 3 rings (SSSR count). The summed E-state index contributed by atoms with van der Waals surface area (Å²) >= 11 is 5.44. The van der Waals surface area contributed by atoms with Crippen LogP contribution < -0.4 is 10.6 Å². The Kier molecular flexibility index (Phi) is 8.72. The fourth-order valence-corrected chi connectivity index (χ4v) is 9.03. The number of nitrogens with zero attached hydrogens (tertiary/aromatic N) is 1. The zero-order chi connectivity index (χ0) is 22.6. The number of halogens is 1. The third kappa shape index (κ3) is 4.64. The molecule has 31 heavy (non-hydrogen) atoms. The van der Waals surface area contributed by atoms with E-state index in [0.29, 0.717) is 38.9 Å². The highest BCUT2D eigenvalue weighted by Gasteiger charge is 2.75. The third-order valence-corrected chi connectivity index (χ3v) is 10.00. The number of fused-ring (bicyclic) bond motifs is 1. The van der Waals surface area contributed by atoms with Gasteiger partial charge in [0.15, 0.2) is 0 Å². The number of aliphatic hydroxyl groups excluding tert-OH is 1. The summed E-state index contributed by atoms with van der Waals surface area (Å²) in [7, 11) is 0. The molecule has 7 nitrogen and oxygen atoms in total. The summed E-state index contributed by atoms with van der Waals surface area (Å²) in [5.41, 5.74) is 0. The number of nitrogens with one attached hydrogen (secondary N) is 2. The molecular weight excluding hydrogens is 482 g/mol. The van der Waals surface area contributed by atoms with Gasteiger partial charge in [0.2, 0.25) is 17.7 Å². The lowest BCUT2D eigenvalue weighted by Gasteiger charge is -2.35. The van der Waals surface area contributed by atoms with Crippen LogP contribution in [0.25, 0.3) is 0 Å². The van der Waals surface area contributed by atoms with Crippen molar-refractivity contribution >= 4 is 45.4 Å². The van der Waals surface area contributed by atoms with Crippen LogP contribution in [0, 0.1) is 11.8 Å². The number of aliphatic hydroxyl groups is 1. The first-order valence-corrected chi connectivity index (χ1v) is 13.5. The Morgan fingerprint density at radius 1 is 1.13 bits per heavy atom. The van der Waals surface area contributed by atoms with Crippen molar-refractivity contribution in [2.45, 2.75) is 79.7 Å². The van der Waals surface area contributed by atoms with Crippen molar-refractivity contribution in [1.29, 1.82) is 0 Å². The van der Waals surface area contributed by atoms with Gasteiger partial charge in [-0.25, -0.2) is 0 Å². The molecule has 3 unspecified atom stereocenters. The average molecular weight is 519 g/mol. The molecule has 3 amide bonds. The van der Waals surface area contributed by atoms with Gasteiger partial charge in [-0.1, -0.05) is 42.6 Å². The lowest BCUT2D eigenvalue weighted by molar-refractivity contribution is -0.140. The maximum atomic E-state index is 13.6. The minimum atomic E-state index is -0.571. The number of hydrogen-bond donors (Lipinski definition) is 3. The van der Waals surface area contributed by atoms with Gasteiger partial charge < -0.3 is 20.6 Å². The Bertz CT molecular complexity index is 681. The van der Waals surface area contributed by atoms with Crippen LogP contribution in [0.1, 0.15) is 58.8 Å². The molecule has 3 saturated heterocycles. The van der Waals surface area contributed by atoms with E-state index in [4.69, 9.17) is 0 Å². The van der Waals surface area contributed by atoms with E-state index in [1.807, 2.05) is 6.92 Å². The quantitative estimate of drug-likeness (QED) is 0.272. The highest BCUT2D eigenvalue weighted by molar-refractivity contribution is 9.09. The normalized spacial score (nSPS) is 33.6. The maximum absolute atomic E-state index is 13.6. The Hall–Kier alpha value is -0.800. The third-order valence-electron chi connectivity index (χ3n) is 6.78. The van der Waals surface area contributed by atoms with Gasteiger partial charge in [0.1, 0.15) is 6.04 Å². The van der Waals surface area contributed by atoms with E-state index in [2.05, 4.69) is 33.5 Å². The molecule has 0 aromatic heterocycles. The molecule has 0 saturated carbocycles. The summed E-state index contributed by atoms with van der Waals surface area (Å²) in [5, 5.41) is 15.3. The van der Waals surface area contributed by atoms with E-state index in [-0.39, 0.29) is 34.4 Å². The number of unbranched alkanes of at least 4 members (excludes halogenated alkanes) is 3. The minimum Gasteiger partial charge on any atom is -0.396 e. The van der Waals surface area contributed by atoms with Crippen LogP contribution in [0.2, 0.25) is 0 Å². The van der Waals surface area contributed by atoms with Gasteiger partial charge in [-0.15, -0.1) is 11.8 Å². The van der Waals surface area contributed by atoms with Crippen LogP contribution in [-0.2, 0) is 14.4 Å². The van der Waals surface area contributed by atoms with Crippen LogP contribution in [0.4, 0.5) is 0 Å². The van der Waals surface area contributed by atoms with Crippen LogP contribution in [0.3, 0.4) is 0 Å². The van der Waals surface area contributed by atoms with Gasteiger partial charge in [-0.05, 0) is 32.1 Å². The summed E-state index contributed by atoms with van der Waals surface area (Å²) < 4.78 is -0.571. The van der Waals surface area contributed by atoms with Gasteiger partial charge in [-0.3, -0.25) is 14.4 Å². The first-order chi connectivity index (χ1) is 14.9. The largest absolute Gasteiger partial charge is 0.396 e. The van der Waals surface area contributed by atoms with Crippen molar-refractivity contribution in [3.8, 4) is 0 Å². The molecule has 3 heterocycles. The van der Waals surface area contributed by atoms with Gasteiger partial charge in [-0.2, -0.15) is 0 Å². The number of thioether (sulfide) groups is 1. The van der Waals surface area contributed by atoms with Gasteiger partial charge in [0, 0.05) is 36.3 Å². The molecule has 6 atom stereocenters. The van der Waals surface area contributed by atoms with Crippen LogP contribution in [-0.4, -0.2) is 74.8 Å². The predicted molar refractivity (Wildman–Crippen MR) is 126 cm³/mol. The molecular formula is C22H36BrN3O4S. The number of carbonyl (C=O) groups excluding carboxylic acids is 3. The fraction of sp³-hybridized carbons (Fsp3) is 0.864. The lowest BCUT2D eigenvalue weighted by atomic mass is 9.70. The molecule has 3 fully saturated rings. The van der Waals surface area contributed by atoms with E-state index in [9.17, 15) is 19.5 Å². The first-order valence-electron chi connectivity index (χ1n) is 11.7. The number of hydrogen-bond acceptors (Lipinski definition) is 5. The molecule has 3 aliphatic heterocycles. The van der Waals surface area contributed by atoms with Crippen molar-refractivity contribution < 1.29 is 19.5 Å². The molecule has 2 bridgehead atoms. The summed E-state index contributed by atoms with van der Waals surface area (Å²) in [6.07, 6.45) is 5.83. The molecule has 0 aromatic carbocycles. The van der Waals surface area contributed by atoms with E-state index in [1.165, 1.54) is 0 Å². The number of amides is 3. The number of carbonyl (C=O) groups is 3. The van der Waals surface area contributed by atoms with Crippen LogP contribution in [0.15, 0.2) is 0 Å². The lowest BCUT2D eigenvalue weighted by Crippen LogP contribution is -2.55. The Labute approximate surface area is 198 Å². The van der Waals surface area contributed by atoms with Crippen LogP contribution >= 0.6 is 27.7 Å². The Balaban J connectivity index is 1.87. The van der Waals surface area contributed by atoms with Crippen molar-refractivity contribution in [2.75, 3.05) is 26.2 Å². The van der Waals surface area contributed by atoms with Crippen molar-refractivity contribution in [3.05, 3.63) is 0 Å². The number of rotatable bonds is 12. The fourth-order valence-electron chi connectivity index (χ4n) is 5.41. The highest BCUT2D eigenvalue weighted by atomic mass is 79.9. The van der Waals surface area contributed by atoms with E-state index in [0.717, 1.165) is 25.7 Å². The van der Waals surface area contributed by atoms with Gasteiger partial charge in [0.05, 0.1) is 16.6 Å². The Morgan fingerprint density at radius 3 is 2.55 bits per heavy atom. The highest BCUT2D eigenvalue weighted by Crippen LogP contribution is 2.67. The SMILES string of the molecule is CCCCCNC(=O)C1N(CCCCO)C(=O)[C@@H]2[C@H](C(=O)NCCC)[C@H]3SC12CC3Br. The predicted octanol–water partition coefficient (Wildman–Crippen LogP) is 2.06. The van der Waals surface area contributed by atoms with Gasteiger partial charge >= 0.3 is 0 Å². The van der Waals surface area contributed by atoms with Gasteiger partial charge in [0.25, 0.3) is 0 Å². The van der Waals surface area contributed by atoms with E-state index >= 15 is 0 Å². The minimum absolute atomic E-state index is 0.000731. The zero-order valence-electron chi connectivity index (χ0n) is 18.6. The zero-order valence-corrected chi connectivity index (χ0v) is 21.0. The standard InChI is InChI=1S/C22H36BrN3O4S/c1-3-5-6-10-25-20(29)18-22-13-14(23)17(31-22)15(19(28)24-9-4-2)16(22)21(30)26(18)11-7-8-12-27/h14-18,27H,3-13H2,1-2H3,(H,24,28)(H,25,29)/t14?,15-,16-,17-,18?,22?/m0/s1. The van der Waals surface area contributed by atoms with E-state index < -0.39 is 22.6 Å². The van der Waals surface area contributed by atoms with Crippen molar-refractivity contribution in [2.24, 2.45) is 11.8 Å². The van der Waals surface area contributed by atoms with E-state index in [1.54, 1.807) is 16.7 Å². The molecule has 176 valence electrons. The second-order valence-electron chi connectivity index (χ2n) is 8.92. The average Bonchev–Trinajstić information content (AvgIpc) is 3.33. The van der Waals surface area contributed by atoms with Crippen molar-refractivity contribution in [3.63, 3.8) is 0 Å². The molecule has 3 N–H and O–H groups in total. The number of likely N-dealkylation sites (tertiary alicyclic amines) is 1. The first kappa shape index (κ1) is 24.8. The summed E-state index contributed by atoms with van der Waals surface area (Å²) in [6, 6.07) is -0.565. The summed E-state index contributed by atoms with van der Waals surface area (Å²) in [6.45, 7) is 5.83. The summed E-state index contributed by atoms with van der Waals surface area (Å²) in [4.78, 5) is 41.9. The molecule has 9 heteroatoms. The summed E-state index contributed by atoms with van der Waals surface area (Å²) in [5.74, 6) is -1.12.